The largest absolute Gasteiger partial charge is 0.0733 e. The molecular formula is C14H24. The van der Waals surface area contributed by atoms with Crippen molar-refractivity contribution in [2.75, 3.05) is 0 Å². The smallest absolute Gasteiger partial charge is 0.0228 e. The zero-order valence-corrected chi connectivity index (χ0v) is 10.1. The van der Waals surface area contributed by atoms with Crippen molar-refractivity contribution < 1.29 is 0 Å². The summed E-state index contributed by atoms with van der Waals surface area (Å²) in [5.41, 5.74) is 3.19. The van der Waals surface area contributed by atoms with Crippen LogP contribution in [0.15, 0.2) is 23.3 Å². The maximum absolute atomic E-state index is 2.38. The average Bonchev–Trinajstić information content (AvgIpc) is 2.09. The molecule has 1 aliphatic rings. The first kappa shape index (κ1) is 11.6. The molecule has 1 atom stereocenters. The van der Waals surface area contributed by atoms with Crippen molar-refractivity contribution >= 4 is 0 Å². The molecule has 80 valence electrons. The summed E-state index contributed by atoms with van der Waals surface area (Å²) in [5, 5.41) is 0. The van der Waals surface area contributed by atoms with Crippen LogP contribution in [0, 0.1) is 11.8 Å². The highest BCUT2D eigenvalue weighted by atomic mass is 14.2. The van der Waals surface area contributed by atoms with E-state index in [0.717, 1.165) is 11.8 Å². The standard InChI is InChI=1S/C14H24/c1-11(2)10-14-9-8-12(3)6-5-7-13(14)4/h8-9,11,13H,5-7,10H2,1-4H3. The van der Waals surface area contributed by atoms with Crippen molar-refractivity contribution in [1.29, 1.82) is 0 Å². The van der Waals surface area contributed by atoms with E-state index in [9.17, 15) is 0 Å². The third kappa shape index (κ3) is 3.69. The fourth-order valence-corrected chi connectivity index (χ4v) is 2.11. The van der Waals surface area contributed by atoms with E-state index < -0.39 is 0 Å². The lowest BCUT2D eigenvalue weighted by atomic mass is 9.86. The molecule has 0 spiro atoms. The van der Waals surface area contributed by atoms with Gasteiger partial charge in [-0.1, -0.05) is 44.1 Å². The Morgan fingerprint density at radius 3 is 2.71 bits per heavy atom. The zero-order valence-electron chi connectivity index (χ0n) is 10.1. The van der Waals surface area contributed by atoms with Gasteiger partial charge < -0.3 is 0 Å². The van der Waals surface area contributed by atoms with Crippen LogP contribution in [0.5, 0.6) is 0 Å². The molecule has 0 aromatic carbocycles. The van der Waals surface area contributed by atoms with Crippen molar-refractivity contribution in [3.63, 3.8) is 0 Å². The summed E-state index contributed by atoms with van der Waals surface area (Å²) >= 11 is 0. The monoisotopic (exact) mass is 192 g/mol. The molecule has 0 N–H and O–H groups in total. The molecule has 0 radical (unpaired) electrons. The van der Waals surface area contributed by atoms with Crippen LogP contribution in [0.2, 0.25) is 0 Å². The Kier molecular flexibility index (Phi) is 4.44. The average molecular weight is 192 g/mol. The molecule has 0 fully saturated rings. The molecule has 0 bridgehead atoms. The second-order valence-corrected chi connectivity index (χ2v) is 5.15. The van der Waals surface area contributed by atoms with Crippen molar-refractivity contribution in [3.8, 4) is 0 Å². The van der Waals surface area contributed by atoms with Crippen LogP contribution >= 0.6 is 0 Å². The Morgan fingerprint density at radius 1 is 1.36 bits per heavy atom. The zero-order chi connectivity index (χ0) is 10.6. The minimum absolute atomic E-state index is 0.789. The number of allylic oxidation sites excluding steroid dienone is 4. The van der Waals surface area contributed by atoms with Gasteiger partial charge in [0.1, 0.15) is 0 Å². The summed E-state index contributed by atoms with van der Waals surface area (Å²) in [6, 6.07) is 0. The SMILES string of the molecule is CC1=CC=C(CC(C)C)C(C)CCC1. The summed E-state index contributed by atoms with van der Waals surface area (Å²) < 4.78 is 0. The Hall–Kier alpha value is -0.520. The Balaban J connectivity index is 2.73. The van der Waals surface area contributed by atoms with Crippen LogP contribution in [-0.4, -0.2) is 0 Å². The maximum atomic E-state index is 2.38. The van der Waals surface area contributed by atoms with E-state index in [4.69, 9.17) is 0 Å². The van der Waals surface area contributed by atoms with Gasteiger partial charge in [-0.2, -0.15) is 0 Å². The third-order valence-electron chi connectivity index (χ3n) is 3.07. The fourth-order valence-electron chi connectivity index (χ4n) is 2.11. The lowest BCUT2D eigenvalue weighted by Gasteiger charge is -2.19. The van der Waals surface area contributed by atoms with E-state index in [2.05, 4.69) is 39.8 Å². The Morgan fingerprint density at radius 2 is 2.07 bits per heavy atom. The highest BCUT2D eigenvalue weighted by Gasteiger charge is 2.11. The molecular weight excluding hydrogens is 168 g/mol. The lowest BCUT2D eigenvalue weighted by molar-refractivity contribution is 0.517. The molecule has 0 aliphatic heterocycles. The molecule has 0 heteroatoms. The molecule has 1 unspecified atom stereocenters. The first-order valence-electron chi connectivity index (χ1n) is 5.96. The molecule has 0 saturated carbocycles. The molecule has 0 nitrogen and oxygen atoms in total. The van der Waals surface area contributed by atoms with E-state index in [1.165, 1.54) is 31.3 Å². The van der Waals surface area contributed by atoms with Gasteiger partial charge in [0.2, 0.25) is 0 Å². The second kappa shape index (κ2) is 5.38. The van der Waals surface area contributed by atoms with Gasteiger partial charge in [0.25, 0.3) is 0 Å². The molecule has 1 rings (SSSR count). The van der Waals surface area contributed by atoms with Crippen LogP contribution in [0.1, 0.15) is 53.4 Å². The van der Waals surface area contributed by atoms with E-state index in [1.54, 1.807) is 5.57 Å². The first-order chi connectivity index (χ1) is 6.59. The fraction of sp³-hybridized carbons (Fsp3) is 0.714. The summed E-state index contributed by atoms with van der Waals surface area (Å²) in [6.45, 7) is 9.24. The van der Waals surface area contributed by atoms with Gasteiger partial charge in [0, 0.05) is 0 Å². The molecule has 0 heterocycles. The van der Waals surface area contributed by atoms with Gasteiger partial charge in [-0.15, -0.1) is 0 Å². The van der Waals surface area contributed by atoms with Crippen molar-refractivity contribution in [1.82, 2.24) is 0 Å². The number of hydrogen-bond acceptors (Lipinski definition) is 0. The minimum atomic E-state index is 0.789. The van der Waals surface area contributed by atoms with Gasteiger partial charge in [0.15, 0.2) is 0 Å². The second-order valence-electron chi connectivity index (χ2n) is 5.15. The van der Waals surface area contributed by atoms with Crippen molar-refractivity contribution in [3.05, 3.63) is 23.3 Å². The summed E-state index contributed by atoms with van der Waals surface area (Å²) in [4.78, 5) is 0. The van der Waals surface area contributed by atoms with Gasteiger partial charge in [0.05, 0.1) is 0 Å². The van der Waals surface area contributed by atoms with Crippen molar-refractivity contribution in [2.45, 2.75) is 53.4 Å². The highest BCUT2D eigenvalue weighted by Crippen LogP contribution is 2.27. The molecule has 14 heavy (non-hydrogen) atoms. The summed E-state index contributed by atoms with van der Waals surface area (Å²) in [6.07, 6.45) is 9.98. The maximum Gasteiger partial charge on any atom is -0.0228 e. The molecule has 0 aromatic rings. The molecule has 0 saturated heterocycles. The predicted molar refractivity (Wildman–Crippen MR) is 64.3 cm³/mol. The Labute approximate surface area is 89.1 Å². The molecule has 1 aliphatic carbocycles. The topological polar surface area (TPSA) is 0 Å². The van der Waals surface area contributed by atoms with Crippen LogP contribution < -0.4 is 0 Å². The molecule has 0 amide bonds. The number of hydrogen-bond donors (Lipinski definition) is 0. The van der Waals surface area contributed by atoms with E-state index in [0.29, 0.717) is 0 Å². The van der Waals surface area contributed by atoms with Gasteiger partial charge in [-0.3, -0.25) is 0 Å². The first-order valence-corrected chi connectivity index (χ1v) is 5.96. The lowest BCUT2D eigenvalue weighted by Crippen LogP contribution is -2.04. The summed E-state index contributed by atoms with van der Waals surface area (Å²) in [5.74, 6) is 1.58. The predicted octanol–water partition coefficient (Wildman–Crippen LogP) is 4.73. The van der Waals surface area contributed by atoms with Crippen LogP contribution in [-0.2, 0) is 0 Å². The third-order valence-corrected chi connectivity index (χ3v) is 3.07. The van der Waals surface area contributed by atoms with E-state index in [1.807, 2.05) is 0 Å². The van der Waals surface area contributed by atoms with E-state index >= 15 is 0 Å². The normalized spacial score (nSPS) is 23.9. The Bertz CT molecular complexity index is 230. The van der Waals surface area contributed by atoms with Gasteiger partial charge in [-0.25, -0.2) is 0 Å². The van der Waals surface area contributed by atoms with Gasteiger partial charge >= 0.3 is 0 Å². The molecule has 0 aromatic heterocycles. The highest BCUT2D eigenvalue weighted by molar-refractivity contribution is 5.20. The quantitative estimate of drug-likeness (QED) is 0.593. The minimum Gasteiger partial charge on any atom is -0.0733 e. The summed E-state index contributed by atoms with van der Waals surface area (Å²) in [7, 11) is 0. The van der Waals surface area contributed by atoms with Crippen molar-refractivity contribution in [2.24, 2.45) is 11.8 Å². The van der Waals surface area contributed by atoms with Crippen LogP contribution in [0.25, 0.3) is 0 Å². The number of rotatable bonds is 2. The van der Waals surface area contributed by atoms with Crippen LogP contribution in [0.3, 0.4) is 0 Å². The van der Waals surface area contributed by atoms with Gasteiger partial charge in [-0.05, 0) is 44.4 Å². The van der Waals surface area contributed by atoms with E-state index in [-0.39, 0.29) is 0 Å². The van der Waals surface area contributed by atoms with Crippen LogP contribution in [0.4, 0.5) is 0 Å².